The van der Waals surface area contributed by atoms with E-state index in [4.69, 9.17) is 20.9 Å². The number of hydrogen-bond donors (Lipinski definition) is 2. The summed E-state index contributed by atoms with van der Waals surface area (Å²) < 4.78 is 10.6. The number of amides is 1. The largest absolute Gasteiger partial charge is 0.493 e. The SMILES string of the molecule is COc1cc([N+](=O)[O-])ccc1OCC(N)(C(N)=O)C1CC1. The monoisotopic (exact) mass is 295 g/mol. The fourth-order valence-corrected chi connectivity index (χ4v) is 2.07. The number of benzene rings is 1. The molecule has 8 nitrogen and oxygen atoms in total. The lowest BCUT2D eigenvalue weighted by molar-refractivity contribution is -0.385. The van der Waals surface area contributed by atoms with Crippen LogP contribution in [-0.4, -0.2) is 30.1 Å². The Morgan fingerprint density at radius 2 is 2.14 bits per heavy atom. The van der Waals surface area contributed by atoms with Crippen molar-refractivity contribution in [2.45, 2.75) is 18.4 Å². The summed E-state index contributed by atoms with van der Waals surface area (Å²) in [4.78, 5) is 21.7. The number of methoxy groups -OCH3 is 1. The van der Waals surface area contributed by atoms with E-state index < -0.39 is 16.4 Å². The number of non-ortho nitro benzene ring substituents is 1. The fraction of sp³-hybridized carbons (Fsp3) is 0.462. The molecule has 21 heavy (non-hydrogen) atoms. The molecule has 1 amide bonds. The van der Waals surface area contributed by atoms with Crippen molar-refractivity contribution in [1.82, 2.24) is 0 Å². The highest BCUT2D eigenvalue weighted by molar-refractivity contribution is 5.85. The number of ether oxygens (including phenoxy) is 2. The zero-order chi connectivity index (χ0) is 15.6. The molecule has 1 aliphatic carbocycles. The van der Waals surface area contributed by atoms with E-state index in [-0.39, 0.29) is 29.7 Å². The first-order valence-corrected chi connectivity index (χ1v) is 6.42. The minimum absolute atomic E-state index is 0.0130. The van der Waals surface area contributed by atoms with Crippen molar-refractivity contribution < 1.29 is 19.2 Å². The molecule has 0 saturated heterocycles. The van der Waals surface area contributed by atoms with E-state index in [1.165, 1.54) is 25.3 Å². The lowest BCUT2D eigenvalue weighted by atomic mass is 9.95. The summed E-state index contributed by atoms with van der Waals surface area (Å²) in [5, 5.41) is 10.7. The number of nitrogens with two attached hydrogens (primary N) is 2. The third-order valence-electron chi connectivity index (χ3n) is 3.59. The molecule has 114 valence electrons. The molecule has 1 saturated carbocycles. The van der Waals surface area contributed by atoms with Crippen LogP contribution in [0.2, 0.25) is 0 Å². The molecule has 0 aliphatic heterocycles. The normalized spacial score (nSPS) is 16.9. The van der Waals surface area contributed by atoms with Crippen LogP contribution in [0.4, 0.5) is 5.69 Å². The Bertz CT molecular complexity index is 573. The second-order valence-corrected chi connectivity index (χ2v) is 5.06. The molecule has 1 aromatic carbocycles. The van der Waals surface area contributed by atoms with Gasteiger partial charge in [0.2, 0.25) is 5.91 Å². The van der Waals surface area contributed by atoms with Crippen LogP contribution in [-0.2, 0) is 4.79 Å². The highest BCUT2D eigenvalue weighted by Gasteiger charge is 2.47. The number of primary amides is 1. The van der Waals surface area contributed by atoms with E-state index >= 15 is 0 Å². The maximum atomic E-state index is 11.5. The average molecular weight is 295 g/mol. The topological polar surface area (TPSA) is 131 Å². The molecular formula is C13H17N3O5. The van der Waals surface area contributed by atoms with Gasteiger partial charge in [-0.3, -0.25) is 14.9 Å². The minimum atomic E-state index is -1.23. The molecule has 0 radical (unpaired) electrons. The quantitative estimate of drug-likeness (QED) is 0.558. The molecule has 2 rings (SSSR count). The van der Waals surface area contributed by atoms with Gasteiger partial charge >= 0.3 is 0 Å². The molecule has 0 bridgehead atoms. The van der Waals surface area contributed by atoms with E-state index in [2.05, 4.69) is 0 Å². The Hall–Kier alpha value is -2.35. The second-order valence-electron chi connectivity index (χ2n) is 5.06. The molecule has 1 aromatic rings. The minimum Gasteiger partial charge on any atom is -0.493 e. The van der Waals surface area contributed by atoms with Gasteiger partial charge in [0, 0.05) is 6.07 Å². The first kappa shape index (κ1) is 15.0. The van der Waals surface area contributed by atoms with E-state index in [0.717, 1.165) is 12.8 Å². The first-order valence-electron chi connectivity index (χ1n) is 6.42. The van der Waals surface area contributed by atoms with Gasteiger partial charge < -0.3 is 20.9 Å². The maximum absolute atomic E-state index is 11.5. The van der Waals surface area contributed by atoms with E-state index in [0.29, 0.717) is 0 Å². The third-order valence-corrected chi connectivity index (χ3v) is 3.59. The second kappa shape index (κ2) is 5.57. The average Bonchev–Trinajstić information content (AvgIpc) is 3.29. The van der Waals surface area contributed by atoms with Gasteiger partial charge in [0.15, 0.2) is 11.5 Å². The van der Waals surface area contributed by atoms with E-state index in [1.54, 1.807) is 0 Å². The number of nitrogens with zero attached hydrogens (tertiary/aromatic N) is 1. The number of nitro groups is 1. The highest BCUT2D eigenvalue weighted by atomic mass is 16.6. The van der Waals surface area contributed by atoms with Crippen molar-refractivity contribution in [3.8, 4) is 11.5 Å². The zero-order valence-corrected chi connectivity index (χ0v) is 11.6. The van der Waals surface area contributed by atoms with Gasteiger partial charge in [-0.2, -0.15) is 0 Å². The number of carbonyl (C=O) groups is 1. The van der Waals surface area contributed by atoms with Crippen molar-refractivity contribution in [3.63, 3.8) is 0 Å². The lowest BCUT2D eigenvalue weighted by Gasteiger charge is -2.26. The summed E-state index contributed by atoms with van der Waals surface area (Å²) in [6.45, 7) is -0.0961. The van der Waals surface area contributed by atoms with Crippen LogP contribution in [0.5, 0.6) is 11.5 Å². The van der Waals surface area contributed by atoms with Crippen molar-refractivity contribution in [1.29, 1.82) is 0 Å². The molecule has 1 unspecified atom stereocenters. The van der Waals surface area contributed by atoms with Gasteiger partial charge in [0.1, 0.15) is 12.1 Å². The van der Waals surface area contributed by atoms with Crippen LogP contribution in [0.3, 0.4) is 0 Å². The van der Waals surface area contributed by atoms with Crippen LogP contribution >= 0.6 is 0 Å². The molecule has 1 aliphatic rings. The van der Waals surface area contributed by atoms with Crippen LogP contribution in [0.15, 0.2) is 18.2 Å². The third kappa shape index (κ3) is 3.05. The first-order chi connectivity index (χ1) is 9.88. The number of rotatable bonds is 7. The molecule has 8 heteroatoms. The van der Waals surface area contributed by atoms with Crippen LogP contribution in [0, 0.1) is 16.0 Å². The Morgan fingerprint density at radius 1 is 1.48 bits per heavy atom. The lowest BCUT2D eigenvalue weighted by Crippen LogP contribution is -2.58. The molecule has 4 N–H and O–H groups in total. The van der Waals surface area contributed by atoms with E-state index in [9.17, 15) is 14.9 Å². The van der Waals surface area contributed by atoms with Gasteiger partial charge in [-0.15, -0.1) is 0 Å². The zero-order valence-electron chi connectivity index (χ0n) is 11.6. The van der Waals surface area contributed by atoms with Crippen LogP contribution < -0.4 is 20.9 Å². The number of carbonyl (C=O) groups excluding carboxylic acids is 1. The van der Waals surface area contributed by atoms with Gasteiger partial charge in [0.25, 0.3) is 5.69 Å². The maximum Gasteiger partial charge on any atom is 0.273 e. The smallest absolute Gasteiger partial charge is 0.273 e. The molecule has 0 aromatic heterocycles. The predicted octanol–water partition coefficient (Wildman–Crippen LogP) is 0.575. The summed E-state index contributed by atoms with van der Waals surface area (Å²) in [6, 6.07) is 3.94. The highest BCUT2D eigenvalue weighted by Crippen LogP contribution is 2.39. The Kier molecular flexibility index (Phi) is 3.99. The van der Waals surface area contributed by atoms with Gasteiger partial charge in [0.05, 0.1) is 18.1 Å². The van der Waals surface area contributed by atoms with E-state index in [1.807, 2.05) is 0 Å². The molecule has 1 atom stereocenters. The van der Waals surface area contributed by atoms with Gasteiger partial charge in [-0.25, -0.2) is 0 Å². The molecule has 0 heterocycles. The summed E-state index contributed by atoms with van der Waals surface area (Å²) in [5.74, 6) is -0.128. The Balaban J connectivity index is 2.15. The Morgan fingerprint density at radius 3 is 2.62 bits per heavy atom. The van der Waals surface area contributed by atoms with Crippen molar-refractivity contribution in [3.05, 3.63) is 28.3 Å². The number of nitro benzene ring substituents is 1. The van der Waals surface area contributed by atoms with Gasteiger partial charge in [-0.1, -0.05) is 0 Å². The molecule has 0 spiro atoms. The summed E-state index contributed by atoms with van der Waals surface area (Å²) in [7, 11) is 1.37. The standard InChI is InChI=1S/C13H17N3O5/c1-20-11-6-9(16(18)19)4-5-10(11)21-7-13(15,12(14)17)8-2-3-8/h4-6,8H,2-3,7,15H2,1H3,(H2,14,17). The molecular weight excluding hydrogens is 278 g/mol. The van der Waals surface area contributed by atoms with Crippen molar-refractivity contribution >= 4 is 11.6 Å². The number of hydrogen-bond acceptors (Lipinski definition) is 6. The molecule has 1 fully saturated rings. The van der Waals surface area contributed by atoms with Crippen LogP contribution in [0.1, 0.15) is 12.8 Å². The van der Waals surface area contributed by atoms with Gasteiger partial charge in [-0.05, 0) is 24.8 Å². The summed E-state index contributed by atoms with van der Waals surface area (Å²) >= 11 is 0. The fourth-order valence-electron chi connectivity index (χ4n) is 2.07. The predicted molar refractivity (Wildman–Crippen MR) is 74.0 cm³/mol. The summed E-state index contributed by atoms with van der Waals surface area (Å²) in [6.07, 6.45) is 1.67. The van der Waals surface area contributed by atoms with Crippen LogP contribution in [0.25, 0.3) is 0 Å². The summed E-state index contributed by atoms with van der Waals surface area (Å²) in [5.41, 5.74) is 10.0. The van der Waals surface area contributed by atoms with Crippen molar-refractivity contribution in [2.24, 2.45) is 17.4 Å². The van der Waals surface area contributed by atoms with Crippen molar-refractivity contribution in [2.75, 3.05) is 13.7 Å². The Labute approximate surface area is 121 Å².